The first-order valence-corrected chi connectivity index (χ1v) is 5.53. The summed E-state index contributed by atoms with van der Waals surface area (Å²) in [6, 6.07) is 5.73. The summed E-state index contributed by atoms with van der Waals surface area (Å²) in [4.78, 5) is 11.3. The lowest BCUT2D eigenvalue weighted by Crippen LogP contribution is -2.19. The molecule has 3 nitrogen and oxygen atoms in total. The van der Waals surface area contributed by atoms with Crippen molar-refractivity contribution in [2.75, 3.05) is 6.61 Å². The Morgan fingerprint density at radius 2 is 1.94 bits per heavy atom. The van der Waals surface area contributed by atoms with Gasteiger partial charge in [0.1, 0.15) is 0 Å². The van der Waals surface area contributed by atoms with Gasteiger partial charge in [0.2, 0.25) is 0 Å². The maximum atomic E-state index is 11.3. The van der Waals surface area contributed by atoms with Crippen molar-refractivity contribution in [3.8, 4) is 0 Å². The Bertz CT molecular complexity index is 354. The third kappa shape index (κ3) is 3.07. The quantitative estimate of drug-likeness (QED) is 0.793. The summed E-state index contributed by atoms with van der Waals surface area (Å²) in [5.74, 6) is -0.238. The van der Waals surface area contributed by atoms with Gasteiger partial charge in [-0.2, -0.15) is 0 Å². The first-order valence-electron chi connectivity index (χ1n) is 5.53. The van der Waals surface area contributed by atoms with Crippen LogP contribution < -0.4 is 5.73 Å². The second-order valence-electron chi connectivity index (χ2n) is 3.92. The number of carbonyl (C=O) groups excluding carboxylic acids is 1. The highest BCUT2D eigenvalue weighted by molar-refractivity contribution is 5.70. The Labute approximate surface area is 96.6 Å². The molecule has 88 valence electrons. The fourth-order valence-electron chi connectivity index (χ4n) is 1.91. The van der Waals surface area contributed by atoms with Gasteiger partial charge >= 0.3 is 5.97 Å². The van der Waals surface area contributed by atoms with Gasteiger partial charge in [0.25, 0.3) is 0 Å². The van der Waals surface area contributed by atoms with Crippen LogP contribution in [0, 0.1) is 13.8 Å². The van der Waals surface area contributed by atoms with Crippen molar-refractivity contribution in [1.82, 2.24) is 0 Å². The molecule has 1 rings (SSSR count). The van der Waals surface area contributed by atoms with E-state index in [1.807, 2.05) is 32.0 Å². The van der Waals surface area contributed by atoms with Gasteiger partial charge in [-0.15, -0.1) is 0 Å². The van der Waals surface area contributed by atoms with Gasteiger partial charge in [-0.05, 0) is 37.5 Å². The van der Waals surface area contributed by atoms with E-state index in [9.17, 15) is 4.79 Å². The molecule has 0 radical (unpaired) electrons. The predicted octanol–water partition coefficient (Wildman–Crippen LogP) is 2.26. The van der Waals surface area contributed by atoms with Gasteiger partial charge < -0.3 is 10.5 Å². The number of aryl methyl sites for hydroxylation is 2. The van der Waals surface area contributed by atoms with Crippen LogP contribution in [0.2, 0.25) is 0 Å². The largest absolute Gasteiger partial charge is 0.466 e. The Kier molecular flexibility index (Phi) is 4.50. The lowest BCUT2D eigenvalue weighted by atomic mass is 9.95. The van der Waals surface area contributed by atoms with E-state index < -0.39 is 0 Å². The molecule has 0 aliphatic rings. The van der Waals surface area contributed by atoms with E-state index in [1.165, 1.54) is 0 Å². The van der Waals surface area contributed by atoms with Crippen molar-refractivity contribution >= 4 is 5.97 Å². The molecule has 0 unspecified atom stereocenters. The fourth-order valence-corrected chi connectivity index (χ4v) is 1.91. The minimum absolute atomic E-state index is 0.236. The van der Waals surface area contributed by atoms with E-state index in [1.54, 1.807) is 6.92 Å². The molecule has 0 amide bonds. The summed E-state index contributed by atoms with van der Waals surface area (Å²) in [5.41, 5.74) is 9.32. The summed E-state index contributed by atoms with van der Waals surface area (Å²) in [6.45, 7) is 6.21. The predicted molar refractivity (Wildman–Crippen MR) is 64.1 cm³/mol. The molecule has 2 N–H and O–H groups in total. The van der Waals surface area contributed by atoms with Gasteiger partial charge in [-0.3, -0.25) is 4.79 Å². The van der Waals surface area contributed by atoms with Gasteiger partial charge in [0.15, 0.2) is 0 Å². The molecule has 0 aliphatic heterocycles. The average molecular weight is 221 g/mol. The minimum atomic E-state index is -0.278. The number of hydrogen-bond donors (Lipinski definition) is 1. The van der Waals surface area contributed by atoms with Crippen LogP contribution in [-0.4, -0.2) is 12.6 Å². The third-order valence-corrected chi connectivity index (χ3v) is 2.60. The molecule has 0 saturated carbocycles. The number of esters is 1. The van der Waals surface area contributed by atoms with Crippen LogP contribution in [0.25, 0.3) is 0 Å². The van der Waals surface area contributed by atoms with E-state index in [0.29, 0.717) is 6.61 Å². The maximum absolute atomic E-state index is 11.3. The molecule has 0 fully saturated rings. The molecule has 3 heteroatoms. The van der Waals surface area contributed by atoms with Crippen molar-refractivity contribution in [3.63, 3.8) is 0 Å². The lowest BCUT2D eigenvalue weighted by molar-refractivity contribution is -0.143. The average Bonchev–Trinajstić information content (AvgIpc) is 2.17. The first kappa shape index (κ1) is 12.7. The van der Waals surface area contributed by atoms with E-state index in [2.05, 4.69) is 0 Å². The maximum Gasteiger partial charge on any atom is 0.307 e. The van der Waals surface area contributed by atoms with Crippen LogP contribution in [0.15, 0.2) is 18.2 Å². The van der Waals surface area contributed by atoms with Crippen LogP contribution in [0.3, 0.4) is 0 Å². The minimum Gasteiger partial charge on any atom is -0.466 e. The highest BCUT2D eigenvalue weighted by atomic mass is 16.5. The van der Waals surface area contributed by atoms with Crippen molar-refractivity contribution in [2.45, 2.75) is 33.2 Å². The molecular formula is C13H19NO2. The topological polar surface area (TPSA) is 52.3 Å². The van der Waals surface area contributed by atoms with Gasteiger partial charge in [0, 0.05) is 6.04 Å². The van der Waals surface area contributed by atoms with Crippen molar-refractivity contribution in [1.29, 1.82) is 0 Å². The molecule has 0 aliphatic carbocycles. The molecule has 1 atom stereocenters. The van der Waals surface area contributed by atoms with Gasteiger partial charge in [-0.25, -0.2) is 0 Å². The van der Waals surface area contributed by atoms with Crippen molar-refractivity contribution in [3.05, 3.63) is 34.9 Å². The molecular weight excluding hydrogens is 202 g/mol. The third-order valence-electron chi connectivity index (χ3n) is 2.60. The Morgan fingerprint density at radius 3 is 2.44 bits per heavy atom. The second kappa shape index (κ2) is 5.66. The molecule has 1 aromatic carbocycles. The Morgan fingerprint density at radius 1 is 1.38 bits per heavy atom. The van der Waals surface area contributed by atoms with E-state index in [4.69, 9.17) is 10.5 Å². The summed E-state index contributed by atoms with van der Waals surface area (Å²) < 4.78 is 4.89. The SMILES string of the molecule is CCOC(=O)C[C@@H](N)c1c(C)cccc1C. The lowest BCUT2D eigenvalue weighted by Gasteiger charge is -2.16. The van der Waals surface area contributed by atoms with Crippen LogP contribution in [0.4, 0.5) is 0 Å². The van der Waals surface area contributed by atoms with Gasteiger partial charge in [-0.1, -0.05) is 18.2 Å². The summed E-state index contributed by atoms with van der Waals surface area (Å²) in [5, 5.41) is 0. The highest BCUT2D eigenvalue weighted by Gasteiger charge is 2.15. The molecule has 0 saturated heterocycles. The number of rotatable bonds is 4. The van der Waals surface area contributed by atoms with E-state index >= 15 is 0 Å². The van der Waals surface area contributed by atoms with Crippen LogP contribution >= 0.6 is 0 Å². The van der Waals surface area contributed by atoms with Crippen LogP contribution in [0.5, 0.6) is 0 Å². The van der Waals surface area contributed by atoms with Crippen molar-refractivity contribution < 1.29 is 9.53 Å². The van der Waals surface area contributed by atoms with Gasteiger partial charge in [0.05, 0.1) is 13.0 Å². The number of nitrogens with two attached hydrogens (primary N) is 1. The summed E-state index contributed by atoms with van der Waals surface area (Å²) in [7, 11) is 0. The zero-order valence-corrected chi connectivity index (χ0v) is 10.1. The zero-order valence-electron chi connectivity index (χ0n) is 10.1. The standard InChI is InChI=1S/C13H19NO2/c1-4-16-12(15)8-11(14)13-9(2)6-5-7-10(13)3/h5-7,11H,4,8,14H2,1-3H3/t11-/m1/s1. The first-order chi connectivity index (χ1) is 7.56. The normalized spacial score (nSPS) is 12.2. The number of hydrogen-bond acceptors (Lipinski definition) is 3. The Hall–Kier alpha value is -1.35. The summed E-state index contributed by atoms with van der Waals surface area (Å²) >= 11 is 0. The number of carbonyl (C=O) groups is 1. The molecule has 0 heterocycles. The second-order valence-corrected chi connectivity index (χ2v) is 3.92. The van der Waals surface area contributed by atoms with Crippen LogP contribution in [-0.2, 0) is 9.53 Å². The highest BCUT2D eigenvalue weighted by Crippen LogP contribution is 2.22. The monoisotopic (exact) mass is 221 g/mol. The summed E-state index contributed by atoms with van der Waals surface area (Å²) in [6.07, 6.45) is 0.236. The fraction of sp³-hybridized carbons (Fsp3) is 0.462. The molecule has 1 aromatic rings. The Balaban J connectivity index is 2.80. The number of ether oxygens (including phenoxy) is 1. The molecule has 0 spiro atoms. The molecule has 0 aromatic heterocycles. The zero-order chi connectivity index (χ0) is 12.1. The smallest absolute Gasteiger partial charge is 0.307 e. The molecule has 16 heavy (non-hydrogen) atoms. The molecule has 0 bridgehead atoms. The van der Waals surface area contributed by atoms with Crippen molar-refractivity contribution in [2.24, 2.45) is 5.73 Å². The van der Waals surface area contributed by atoms with Crippen LogP contribution in [0.1, 0.15) is 36.1 Å². The number of benzene rings is 1. The van der Waals surface area contributed by atoms with E-state index in [0.717, 1.165) is 16.7 Å². The van der Waals surface area contributed by atoms with E-state index in [-0.39, 0.29) is 18.4 Å².